The quantitative estimate of drug-likeness (QED) is 0.485. The van der Waals surface area contributed by atoms with E-state index in [0.717, 1.165) is 67.3 Å². The number of hydrogen-bond donors (Lipinski definition) is 1. The highest BCUT2D eigenvalue weighted by atomic mass is 16.2. The van der Waals surface area contributed by atoms with E-state index < -0.39 is 0 Å². The molecule has 0 radical (unpaired) electrons. The van der Waals surface area contributed by atoms with Crippen molar-refractivity contribution < 1.29 is 4.79 Å². The van der Waals surface area contributed by atoms with Crippen molar-refractivity contribution >= 4 is 23.8 Å². The highest BCUT2D eigenvalue weighted by Gasteiger charge is 2.32. The number of hydrogen-bond acceptors (Lipinski definition) is 5. The standard InChI is InChI=1S/C28H41N7O/c1-19(2)17-35-26(31-20(3)33-14-11-22(29)18-33)16-23(32-35)25-9-7-8-13-34(25)27(36)24-15-21(10-12-30-24)28(4,5)6/h10,12,15-17,22,25H,7-9,11,13-14,18,29H2,1-6H3/b31-20+/t22-,25-/m0/s1. The van der Waals surface area contributed by atoms with Crippen LogP contribution in [-0.4, -0.2) is 62.0 Å². The topological polar surface area (TPSA) is 92.6 Å². The number of nitrogens with zero attached hydrogens (tertiary/aromatic N) is 6. The van der Waals surface area contributed by atoms with Crippen LogP contribution in [0.15, 0.2) is 35.0 Å². The lowest BCUT2D eigenvalue weighted by molar-refractivity contribution is 0.0599. The van der Waals surface area contributed by atoms with Gasteiger partial charge in [0.05, 0.1) is 11.7 Å². The minimum atomic E-state index is -0.104. The molecule has 194 valence electrons. The second-order valence-electron chi connectivity index (χ2n) is 11.4. The number of carbonyl (C=O) groups excluding carboxylic acids is 1. The lowest BCUT2D eigenvalue weighted by Crippen LogP contribution is -2.39. The molecule has 36 heavy (non-hydrogen) atoms. The summed E-state index contributed by atoms with van der Waals surface area (Å²) in [4.78, 5) is 27.2. The van der Waals surface area contributed by atoms with E-state index in [4.69, 9.17) is 15.8 Å². The zero-order chi connectivity index (χ0) is 26.0. The largest absolute Gasteiger partial charge is 0.359 e. The number of amides is 1. The van der Waals surface area contributed by atoms with Gasteiger partial charge in [-0.25, -0.2) is 9.67 Å². The Kier molecular flexibility index (Phi) is 7.64. The second-order valence-corrected chi connectivity index (χ2v) is 11.4. The van der Waals surface area contributed by atoms with E-state index in [2.05, 4.69) is 30.7 Å². The predicted molar refractivity (Wildman–Crippen MR) is 145 cm³/mol. The number of amidine groups is 1. The van der Waals surface area contributed by atoms with Crippen molar-refractivity contribution in [2.75, 3.05) is 19.6 Å². The fraction of sp³-hybridized carbons (Fsp3) is 0.571. The van der Waals surface area contributed by atoms with Gasteiger partial charge in [0.2, 0.25) is 0 Å². The fourth-order valence-electron chi connectivity index (χ4n) is 4.95. The van der Waals surface area contributed by atoms with E-state index in [1.807, 2.05) is 54.8 Å². The Balaban J connectivity index is 1.66. The number of likely N-dealkylation sites (tertiary alicyclic amines) is 2. The Bertz CT molecular complexity index is 1150. The molecular weight excluding hydrogens is 450 g/mol. The molecule has 2 N–H and O–H groups in total. The van der Waals surface area contributed by atoms with Gasteiger partial charge in [0.15, 0.2) is 5.82 Å². The summed E-state index contributed by atoms with van der Waals surface area (Å²) < 4.78 is 1.85. The van der Waals surface area contributed by atoms with Crippen LogP contribution in [0, 0.1) is 0 Å². The molecule has 8 heteroatoms. The third-order valence-electron chi connectivity index (χ3n) is 7.02. The Morgan fingerprint density at radius 1 is 1.14 bits per heavy atom. The lowest BCUT2D eigenvalue weighted by atomic mass is 9.87. The third-order valence-corrected chi connectivity index (χ3v) is 7.02. The molecule has 4 rings (SSSR count). The second kappa shape index (κ2) is 10.5. The molecule has 2 aromatic rings. The Morgan fingerprint density at radius 2 is 1.92 bits per heavy atom. The van der Waals surface area contributed by atoms with Crippen LogP contribution in [0.3, 0.4) is 0 Å². The van der Waals surface area contributed by atoms with E-state index in [-0.39, 0.29) is 23.4 Å². The van der Waals surface area contributed by atoms with Crippen LogP contribution in [-0.2, 0) is 5.41 Å². The third kappa shape index (κ3) is 5.86. The Hall–Kier alpha value is -3.00. The highest BCUT2D eigenvalue weighted by Crippen LogP contribution is 2.34. The monoisotopic (exact) mass is 491 g/mol. The molecule has 0 aromatic carbocycles. The van der Waals surface area contributed by atoms with Gasteiger partial charge in [0.25, 0.3) is 5.91 Å². The maximum atomic E-state index is 13.7. The summed E-state index contributed by atoms with van der Waals surface area (Å²) in [6.45, 7) is 15.0. The van der Waals surface area contributed by atoms with Crippen LogP contribution in [0.1, 0.15) is 95.0 Å². The molecule has 2 fully saturated rings. The highest BCUT2D eigenvalue weighted by molar-refractivity contribution is 5.93. The van der Waals surface area contributed by atoms with Gasteiger partial charge in [-0.15, -0.1) is 0 Å². The van der Waals surface area contributed by atoms with E-state index in [1.54, 1.807) is 6.20 Å². The molecule has 4 heterocycles. The van der Waals surface area contributed by atoms with Crippen molar-refractivity contribution in [3.8, 4) is 0 Å². The molecule has 0 saturated carbocycles. The summed E-state index contributed by atoms with van der Waals surface area (Å²) in [5.41, 5.74) is 9.67. The first-order valence-corrected chi connectivity index (χ1v) is 13.1. The zero-order valence-electron chi connectivity index (χ0n) is 22.7. The van der Waals surface area contributed by atoms with Gasteiger partial charge in [0, 0.05) is 44.1 Å². The lowest BCUT2D eigenvalue weighted by Gasteiger charge is -2.34. The van der Waals surface area contributed by atoms with Gasteiger partial charge in [-0.3, -0.25) is 9.78 Å². The first-order valence-electron chi connectivity index (χ1n) is 13.1. The molecule has 0 bridgehead atoms. The smallest absolute Gasteiger partial charge is 0.273 e. The average molecular weight is 492 g/mol. The van der Waals surface area contributed by atoms with Crippen LogP contribution in [0.25, 0.3) is 6.20 Å². The minimum absolute atomic E-state index is 0.0325. The van der Waals surface area contributed by atoms with Crippen molar-refractivity contribution in [1.82, 2.24) is 24.6 Å². The summed E-state index contributed by atoms with van der Waals surface area (Å²) in [5.74, 6) is 1.68. The number of aliphatic imine (C=N–C) groups is 1. The molecule has 1 amide bonds. The molecule has 0 unspecified atom stereocenters. The predicted octanol–water partition coefficient (Wildman–Crippen LogP) is 4.91. The van der Waals surface area contributed by atoms with Crippen LogP contribution < -0.4 is 5.73 Å². The number of allylic oxidation sites excluding steroid dienone is 1. The molecule has 8 nitrogen and oxygen atoms in total. The van der Waals surface area contributed by atoms with Crippen molar-refractivity contribution in [1.29, 1.82) is 0 Å². The zero-order valence-corrected chi connectivity index (χ0v) is 22.7. The van der Waals surface area contributed by atoms with E-state index in [0.29, 0.717) is 12.2 Å². The number of aromatic nitrogens is 3. The number of rotatable bonds is 4. The Morgan fingerprint density at radius 3 is 2.58 bits per heavy atom. The summed E-state index contributed by atoms with van der Waals surface area (Å²) >= 11 is 0. The van der Waals surface area contributed by atoms with E-state index in [1.165, 1.54) is 0 Å². The fourth-order valence-corrected chi connectivity index (χ4v) is 4.95. The van der Waals surface area contributed by atoms with Crippen molar-refractivity contribution in [3.05, 3.63) is 46.9 Å². The molecule has 2 aromatic heterocycles. The van der Waals surface area contributed by atoms with Gasteiger partial charge < -0.3 is 15.5 Å². The van der Waals surface area contributed by atoms with Crippen molar-refractivity contribution in [2.45, 2.75) is 84.7 Å². The number of nitrogens with two attached hydrogens (primary N) is 1. The molecule has 2 aliphatic rings. The van der Waals surface area contributed by atoms with Gasteiger partial charge in [0.1, 0.15) is 11.5 Å². The van der Waals surface area contributed by atoms with E-state index in [9.17, 15) is 4.79 Å². The summed E-state index contributed by atoms with van der Waals surface area (Å²) in [7, 11) is 0. The van der Waals surface area contributed by atoms with Gasteiger partial charge in [-0.05, 0) is 69.6 Å². The average Bonchev–Trinajstić information content (AvgIpc) is 3.44. The Labute approximate surface area is 215 Å². The number of carbonyl (C=O) groups is 1. The normalized spacial score (nSPS) is 21.1. The van der Waals surface area contributed by atoms with Crippen LogP contribution in [0.4, 0.5) is 5.82 Å². The molecule has 2 saturated heterocycles. The maximum Gasteiger partial charge on any atom is 0.273 e. The summed E-state index contributed by atoms with van der Waals surface area (Å²) in [6.07, 6.45) is 7.64. The maximum absolute atomic E-state index is 13.7. The van der Waals surface area contributed by atoms with Gasteiger partial charge >= 0.3 is 0 Å². The molecule has 2 atom stereocenters. The van der Waals surface area contributed by atoms with Crippen molar-refractivity contribution in [2.24, 2.45) is 10.7 Å². The summed E-state index contributed by atoms with van der Waals surface area (Å²) in [5, 5.41) is 4.93. The molecule has 0 spiro atoms. The van der Waals surface area contributed by atoms with Gasteiger partial charge in [-0.1, -0.05) is 26.3 Å². The SMILES string of the molecule is CC(C)=Cn1nc([C@@H]2CCCCN2C(=O)c2cc(C(C)(C)C)ccn2)cc1/N=C(\C)N1CC[C@H](N)C1. The van der Waals surface area contributed by atoms with E-state index >= 15 is 0 Å². The molecule has 2 aliphatic heterocycles. The first-order chi connectivity index (χ1) is 17.0. The summed E-state index contributed by atoms with van der Waals surface area (Å²) in [6, 6.07) is 6.06. The van der Waals surface area contributed by atoms with Crippen LogP contribution in [0.5, 0.6) is 0 Å². The molecule has 0 aliphatic carbocycles. The molecular formula is C28H41N7O. The van der Waals surface area contributed by atoms with Gasteiger partial charge in [-0.2, -0.15) is 5.10 Å². The van der Waals surface area contributed by atoms with Crippen LogP contribution in [0.2, 0.25) is 0 Å². The first kappa shape index (κ1) is 26.1. The number of piperidine rings is 1. The van der Waals surface area contributed by atoms with Crippen molar-refractivity contribution in [3.63, 3.8) is 0 Å². The minimum Gasteiger partial charge on any atom is -0.359 e. The van der Waals surface area contributed by atoms with Crippen LogP contribution >= 0.6 is 0 Å². The number of pyridine rings is 1.